The Morgan fingerprint density at radius 2 is 1.90 bits per heavy atom. The first-order valence-electron chi connectivity index (χ1n) is 6.90. The van der Waals surface area contributed by atoms with Crippen molar-refractivity contribution in [1.29, 1.82) is 0 Å². The highest BCUT2D eigenvalue weighted by Gasteiger charge is 2.11. The van der Waals surface area contributed by atoms with Crippen molar-refractivity contribution in [1.82, 2.24) is 0 Å². The number of nitrogen functional groups attached to an aromatic ring is 1. The minimum Gasteiger partial charge on any atom is -0.398 e. The number of aryl methyl sites for hydroxylation is 1. The Balaban J connectivity index is 1.99. The Hall–Kier alpha value is -2.49. The van der Waals surface area contributed by atoms with Crippen LogP contribution in [0.25, 0.3) is 11.1 Å². The molecule has 106 valence electrons. The molecule has 2 aromatic rings. The van der Waals surface area contributed by atoms with Gasteiger partial charge in [-0.1, -0.05) is 24.3 Å². The average Bonchev–Trinajstić information content (AvgIpc) is 2.51. The Morgan fingerprint density at radius 3 is 2.57 bits per heavy atom. The first-order chi connectivity index (χ1) is 10.1. The molecule has 2 N–H and O–H groups in total. The van der Waals surface area contributed by atoms with Gasteiger partial charge in [0.2, 0.25) is 0 Å². The fraction of sp³-hybridized carbons (Fsp3) is 0.176. The zero-order valence-corrected chi connectivity index (χ0v) is 11.8. The zero-order chi connectivity index (χ0) is 14.8. The Bertz CT molecular complexity index is 748. The summed E-state index contributed by atoms with van der Waals surface area (Å²) in [4.78, 5) is 0. The quantitative estimate of drug-likeness (QED) is 0.832. The van der Waals surface area contributed by atoms with Crippen LogP contribution in [0.15, 0.2) is 46.6 Å². The van der Waals surface area contributed by atoms with Crippen molar-refractivity contribution in [3.05, 3.63) is 53.3 Å². The van der Waals surface area contributed by atoms with E-state index < -0.39 is 0 Å². The first kappa shape index (κ1) is 13.5. The smallest absolute Gasteiger partial charge is 0.131 e. The van der Waals surface area contributed by atoms with Gasteiger partial charge in [-0.15, -0.1) is 0 Å². The fourth-order valence-electron chi connectivity index (χ4n) is 2.36. The highest BCUT2D eigenvalue weighted by molar-refractivity contribution is 6.02. The average molecular weight is 281 g/mol. The van der Waals surface area contributed by atoms with Crippen LogP contribution in [0.2, 0.25) is 0 Å². The molecule has 0 aromatic heterocycles. The second-order valence-corrected chi connectivity index (χ2v) is 5.15. The van der Waals surface area contributed by atoms with Crippen molar-refractivity contribution in [2.24, 2.45) is 10.2 Å². The third-order valence-corrected chi connectivity index (χ3v) is 3.66. The summed E-state index contributed by atoms with van der Waals surface area (Å²) in [5.41, 5.74) is 10.5. The van der Waals surface area contributed by atoms with E-state index in [1.165, 1.54) is 6.07 Å². The van der Waals surface area contributed by atoms with Gasteiger partial charge in [-0.2, -0.15) is 10.2 Å². The van der Waals surface area contributed by atoms with Gasteiger partial charge in [0.25, 0.3) is 0 Å². The van der Waals surface area contributed by atoms with E-state index >= 15 is 0 Å². The van der Waals surface area contributed by atoms with Gasteiger partial charge in [-0.05, 0) is 43.0 Å². The SMILES string of the molecule is Cc1ccc(-c2ccc(C3=NN=CCC3)cc2F)cc1N. The summed E-state index contributed by atoms with van der Waals surface area (Å²) in [7, 11) is 0. The van der Waals surface area contributed by atoms with E-state index in [2.05, 4.69) is 10.2 Å². The molecule has 0 radical (unpaired) electrons. The molecule has 1 aliphatic rings. The molecular formula is C17H16FN3. The summed E-state index contributed by atoms with van der Waals surface area (Å²) in [5.74, 6) is -0.270. The third-order valence-electron chi connectivity index (χ3n) is 3.66. The van der Waals surface area contributed by atoms with Crippen LogP contribution in [-0.4, -0.2) is 11.9 Å². The second kappa shape index (κ2) is 5.48. The van der Waals surface area contributed by atoms with Crippen molar-refractivity contribution in [3.63, 3.8) is 0 Å². The standard InChI is InChI=1S/C17H16FN3/c1-11-4-5-12(10-16(11)19)14-7-6-13(9-15(14)18)17-3-2-8-20-21-17/h4-10H,2-3,19H2,1H3. The van der Waals surface area contributed by atoms with E-state index in [0.29, 0.717) is 11.3 Å². The molecule has 0 fully saturated rings. The summed E-state index contributed by atoms with van der Waals surface area (Å²) in [5, 5.41) is 7.96. The predicted molar refractivity (Wildman–Crippen MR) is 85.2 cm³/mol. The van der Waals surface area contributed by atoms with E-state index in [1.807, 2.05) is 25.1 Å². The molecule has 1 heterocycles. The molecule has 3 nitrogen and oxygen atoms in total. The Morgan fingerprint density at radius 1 is 1.10 bits per heavy atom. The van der Waals surface area contributed by atoms with Gasteiger partial charge in [0.15, 0.2) is 0 Å². The second-order valence-electron chi connectivity index (χ2n) is 5.15. The van der Waals surface area contributed by atoms with Crippen LogP contribution in [0.1, 0.15) is 24.0 Å². The van der Waals surface area contributed by atoms with Gasteiger partial charge in [-0.3, -0.25) is 0 Å². The predicted octanol–water partition coefficient (Wildman–Crippen LogP) is 3.95. The number of rotatable bonds is 2. The lowest BCUT2D eigenvalue weighted by Gasteiger charge is -2.10. The maximum Gasteiger partial charge on any atom is 0.131 e. The molecule has 0 amide bonds. The van der Waals surface area contributed by atoms with Crippen LogP contribution in [0, 0.1) is 12.7 Å². The summed E-state index contributed by atoms with van der Waals surface area (Å²) in [6.07, 6.45) is 3.40. The molecule has 0 aliphatic carbocycles. The monoisotopic (exact) mass is 281 g/mol. The molecule has 3 rings (SSSR count). The molecule has 0 unspecified atom stereocenters. The highest BCUT2D eigenvalue weighted by Crippen LogP contribution is 2.27. The summed E-state index contributed by atoms with van der Waals surface area (Å²) in [6.45, 7) is 1.93. The lowest BCUT2D eigenvalue weighted by molar-refractivity contribution is 0.631. The molecule has 0 spiro atoms. The lowest BCUT2D eigenvalue weighted by atomic mass is 9.98. The fourth-order valence-corrected chi connectivity index (χ4v) is 2.36. The van der Waals surface area contributed by atoms with Crippen molar-refractivity contribution in [3.8, 4) is 11.1 Å². The molecule has 0 saturated carbocycles. The van der Waals surface area contributed by atoms with Gasteiger partial charge in [0, 0.05) is 23.0 Å². The molecule has 2 aromatic carbocycles. The first-order valence-corrected chi connectivity index (χ1v) is 6.90. The molecular weight excluding hydrogens is 265 g/mol. The van der Waals surface area contributed by atoms with Gasteiger partial charge in [-0.25, -0.2) is 4.39 Å². The minimum atomic E-state index is -0.270. The molecule has 21 heavy (non-hydrogen) atoms. The molecule has 0 atom stereocenters. The van der Waals surface area contributed by atoms with E-state index in [4.69, 9.17) is 5.73 Å². The van der Waals surface area contributed by atoms with Crippen LogP contribution >= 0.6 is 0 Å². The van der Waals surface area contributed by atoms with Gasteiger partial charge >= 0.3 is 0 Å². The lowest BCUT2D eigenvalue weighted by Crippen LogP contribution is -2.05. The number of nitrogens with two attached hydrogens (primary N) is 1. The number of hydrogen-bond donors (Lipinski definition) is 1. The van der Waals surface area contributed by atoms with Crippen LogP contribution in [0.3, 0.4) is 0 Å². The molecule has 1 aliphatic heterocycles. The molecule has 0 bridgehead atoms. The summed E-state index contributed by atoms with van der Waals surface area (Å²) in [6, 6.07) is 10.8. The van der Waals surface area contributed by atoms with E-state index in [1.54, 1.807) is 18.3 Å². The minimum absolute atomic E-state index is 0.270. The van der Waals surface area contributed by atoms with Crippen molar-refractivity contribution < 1.29 is 4.39 Å². The van der Waals surface area contributed by atoms with E-state index in [0.717, 1.165) is 35.2 Å². The highest BCUT2D eigenvalue weighted by atomic mass is 19.1. The molecule has 4 heteroatoms. The normalized spacial score (nSPS) is 14.1. The zero-order valence-electron chi connectivity index (χ0n) is 11.8. The van der Waals surface area contributed by atoms with Crippen molar-refractivity contribution in [2.45, 2.75) is 19.8 Å². The topological polar surface area (TPSA) is 50.7 Å². The van der Waals surface area contributed by atoms with E-state index in [-0.39, 0.29) is 5.82 Å². The number of benzene rings is 2. The van der Waals surface area contributed by atoms with Gasteiger partial charge < -0.3 is 5.73 Å². The number of hydrogen-bond acceptors (Lipinski definition) is 3. The van der Waals surface area contributed by atoms with Crippen LogP contribution in [0.5, 0.6) is 0 Å². The maximum absolute atomic E-state index is 14.4. The van der Waals surface area contributed by atoms with Crippen molar-refractivity contribution in [2.75, 3.05) is 5.73 Å². The van der Waals surface area contributed by atoms with Crippen LogP contribution in [-0.2, 0) is 0 Å². The molecule has 0 saturated heterocycles. The number of nitrogens with zero attached hydrogens (tertiary/aromatic N) is 2. The van der Waals surface area contributed by atoms with Gasteiger partial charge in [0.05, 0.1) is 5.71 Å². The summed E-state index contributed by atoms with van der Waals surface area (Å²) < 4.78 is 14.4. The van der Waals surface area contributed by atoms with Crippen LogP contribution < -0.4 is 5.73 Å². The van der Waals surface area contributed by atoms with Gasteiger partial charge in [0.1, 0.15) is 5.82 Å². The number of halogens is 1. The maximum atomic E-state index is 14.4. The van der Waals surface area contributed by atoms with Crippen LogP contribution in [0.4, 0.5) is 10.1 Å². The Kier molecular flexibility index (Phi) is 3.52. The Labute approximate surface area is 123 Å². The summed E-state index contributed by atoms with van der Waals surface area (Å²) >= 11 is 0. The largest absolute Gasteiger partial charge is 0.398 e. The van der Waals surface area contributed by atoms with Crippen molar-refractivity contribution >= 4 is 17.6 Å². The third kappa shape index (κ3) is 2.70. The van der Waals surface area contributed by atoms with E-state index in [9.17, 15) is 4.39 Å². The number of anilines is 1.